The highest BCUT2D eigenvalue weighted by Crippen LogP contribution is 2.25. The molecule has 1 atom stereocenters. The monoisotopic (exact) mass is 347 g/mol. The smallest absolute Gasteiger partial charge is 0.350 e. The van der Waals surface area contributed by atoms with E-state index in [1.807, 2.05) is 13.8 Å². The first-order chi connectivity index (χ1) is 11.2. The maximum Gasteiger partial charge on any atom is 0.405 e. The molecule has 9 heteroatoms. The molecule has 1 amide bonds. The fourth-order valence-corrected chi connectivity index (χ4v) is 2.84. The molecule has 1 aliphatic rings. The zero-order valence-electron chi connectivity index (χ0n) is 14.2. The number of piperazine rings is 1. The summed E-state index contributed by atoms with van der Waals surface area (Å²) >= 11 is 0. The molecule has 136 valence electrons. The predicted octanol–water partition coefficient (Wildman–Crippen LogP) is 1.11. The molecule has 1 fully saturated rings. The number of aryl methyl sites for hydroxylation is 1. The van der Waals surface area contributed by atoms with Gasteiger partial charge in [-0.05, 0) is 5.92 Å². The van der Waals surface area contributed by atoms with Crippen LogP contribution in [0.5, 0.6) is 0 Å². The fraction of sp³-hybridized carbons (Fsp3) is 0.733. The molecule has 6 nitrogen and oxygen atoms in total. The molecule has 24 heavy (non-hydrogen) atoms. The Morgan fingerprint density at radius 3 is 2.54 bits per heavy atom. The summed E-state index contributed by atoms with van der Waals surface area (Å²) in [6, 6.07) is -1.68. The van der Waals surface area contributed by atoms with E-state index in [2.05, 4.69) is 15.7 Å². The quantitative estimate of drug-likeness (QED) is 0.838. The van der Waals surface area contributed by atoms with E-state index < -0.39 is 24.7 Å². The standard InChI is InChI=1S/C15H24F3N5O/c1-10(2)13-11(9-22(3)21-13)14(24)20-8-12(15(16,17)18)23-6-4-19-5-7-23/h9-10,12,19H,4-8H2,1-3H3,(H,20,24). The molecule has 2 heterocycles. The average Bonchev–Trinajstić information content (AvgIpc) is 2.89. The zero-order valence-corrected chi connectivity index (χ0v) is 14.2. The van der Waals surface area contributed by atoms with Crippen molar-refractivity contribution < 1.29 is 18.0 Å². The Kier molecular flexibility index (Phi) is 5.87. The summed E-state index contributed by atoms with van der Waals surface area (Å²) in [7, 11) is 1.68. The third-order valence-corrected chi connectivity index (χ3v) is 4.08. The minimum Gasteiger partial charge on any atom is -0.350 e. The molecule has 1 aromatic heterocycles. The lowest BCUT2D eigenvalue weighted by Crippen LogP contribution is -2.57. The second-order valence-corrected chi connectivity index (χ2v) is 6.31. The lowest BCUT2D eigenvalue weighted by Gasteiger charge is -2.35. The summed E-state index contributed by atoms with van der Waals surface area (Å²) < 4.78 is 41.5. The third kappa shape index (κ3) is 4.47. The van der Waals surface area contributed by atoms with Crippen LogP contribution in [0.15, 0.2) is 6.20 Å². The van der Waals surface area contributed by atoms with Crippen LogP contribution in [0.4, 0.5) is 13.2 Å². The number of aromatic nitrogens is 2. The topological polar surface area (TPSA) is 62.2 Å². The van der Waals surface area contributed by atoms with Crippen molar-refractivity contribution in [1.82, 2.24) is 25.3 Å². The van der Waals surface area contributed by atoms with Crippen LogP contribution in [0.1, 0.15) is 35.8 Å². The molecule has 0 aliphatic carbocycles. The lowest BCUT2D eigenvalue weighted by molar-refractivity contribution is -0.183. The van der Waals surface area contributed by atoms with Gasteiger partial charge < -0.3 is 10.6 Å². The molecular formula is C15H24F3N5O. The Morgan fingerprint density at radius 1 is 1.38 bits per heavy atom. The largest absolute Gasteiger partial charge is 0.405 e. The van der Waals surface area contributed by atoms with Crippen molar-refractivity contribution in [2.75, 3.05) is 32.7 Å². The number of nitrogens with zero attached hydrogens (tertiary/aromatic N) is 3. The Labute approximate surface area is 139 Å². The van der Waals surface area contributed by atoms with Gasteiger partial charge in [-0.1, -0.05) is 13.8 Å². The highest BCUT2D eigenvalue weighted by Gasteiger charge is 2.43. The highest BCUT2D eigenvalue weighted by atomic mass is 19.4. The van der Waals surface area contributed by atoms with E-state index in [9.17, 15) is 18.0 Å². The number of alkyl halides is 3. The van der Waals surface area contributed by atoms with Crippen molar-refractivity contribution in [2.24, 2.45) is 7.05 Å². The molecule has 1 aliphatic heterocycles. The number of nitrogens with one attached hydrogen (secondary N) is 2. The molecule has 0 spiro atoms. The van der Waals surface area contributed by atoms with E-state index in [1.165, 1.54) is 15.8 Å². The van der Waals surface area contributed by atoms with Crippen LogP contribution < -0.4 is 10.6 Å². The number of hydrogen-bond donors (Lipinski definition) is 2. The number of halogens is 3. The van der Waals surface area contributed by atoms with Crippen molar-refractivity contribution >= 4 is 5.91 Å². The zero-order chi connectivity index (χ0) is 17.9. The van der Waals surface area contributed by atoms with Crippen LogP contribution in [-0.4, -0.2) is 65.5 Å². The maximum atomic E-state index is 13.3. The molecule has 1 aromatic rings. The van der Waals surface area contributed by atoms with Crippen molar-refractivity contribution in [3.05, 3.63) is 17.5 Å². The Hall–Kier alpha value is -1.61. The molecule has 0 aromatic carbocycles. The number of hydrogen-bond acceptors (Lipinski definition) is 4. The summed E-state index contributed by atoms with van der Waals surface area (Å²) in [6.45, 7) is 4.96. The minimum absolute atomic E-state index is 0.0125. The first-order valence-electron chi connectivity index (χ1n) is 8.03. The van der Waals surface area contributed by atoms with Crippen LogP contribution in [-0.2, 0) is 7.05 Å². The maximum absolute atomic E-state index is 13.3. The van der Waals surface area contributed by atoms with Crippen LogP contribution in [0, 0.1) is 0 Å². The number of amides is 1. The van der Waals surface area contributed by atoms with Crippen LogP contribution in [0.3, 0.4) is 0 Å². The van der Waals surface area contributed by atoms with E-state index in [4.69, 9.17) is 0 Å². The van der Waals surface area contributed by atoms with Gasteiger partial charge in [0.15, 0.2) is 0 Å². The van der Waals surface area contributed by atoms with E-state index in [-0.39, 0.29) is 5.92 Å². The summed E-state index contributed by atoms with van der Waals surface area (Å²) in [5.74, 6) is -0.505. The minimum atomic E-state index is -4.39. The molecule has 1 unspecified atom stereocenters. The molecule has 0 saturated carbocycles. The van der Waals surface area contributed by atoms with Gasteiger partial charge in [-0.25, -0.2) is 0 Å². The molecule has 2 N–H and O–H groups in total. The average molecular weight is 347 g/mol. The van der Waals surface area contributed by atoms with Crippen LogP contribution in [0.2, 0.25) is 0 Å². The van der Waals surface area contributed by atoms with Gasteiger partial charge in [0.2, 0.25) is 0 Å². The second kappa shape index (κ2) is 7.52. The normalized spacial score (nSPS) is 18.0. The molecule has 0 bridgehead atoms. The van der Waals surface area contributed by atoms with E-state index >= 15 is 0 Å². The number of rotatable bonds is 5. The number of carbonyl (C=O) groups is 1. The molecule has 0 radical (unpaired) electrons. The lowest BCUT2D eigenvalue weighted by atomic mass is 10.1. The van der Waals surface area contributed by atoms with Crippen LogP contribution >= 0.6 is 0 Å². The first kappa shape index (κ1) is 18.7. The van der Waals surface area contributed by atoms with Crippen molar-refractivity contribution in [3.63, 3.8) is 0 Å². The van der Waals surface area contributed by atoms with Crippen molar-refractivity contribution in [3.8, 4) is 0 Å². The van der Waals surface area contributed by atoms with Gasteiger partial charge in [0.05, 0.1) is 11.3 Å². The highest BCUT2D eigenvalue weighted by molar-refractivity contribution is 5.95. The molecule has 2 rings (SSSR count). The summed E-state index contributed by atoms with van der Waals surface area (Å²) in [4.78, 5) is 13.7. The van der Waals surface area contributed by atoms with Gasteiger partial charge in [0.25, 0.3) is 5.91 Å². The Bertz CT molecular complexity index is 564. The van der Waals surface area contributed by atoms with Gasteiger partial charge in [-0.2, -0.15) is 18.3 Å². The fourth-order valence-electron chi connectivity index (χ4n) is 2.84. The van der Waals surface area contributed by atoms with Gasteiger partial charge in [0.1, 0.15) is 6.04 Å². The third-order valence-electron chi connectivity index (χ3n) is 4.08. The van der Waals surface area contributed by atoms with E-state index in [0.29, 0.717) is 37.4 Å². The summed E-state index contributed by atoms with van der Waals surface area (Å²) in [5.41, 5.74) is 0.912. The van der Waals surface area contributed by atoms with Gasteiger partial charge >= 0.3 is 6.18 Å². The van der Waals surface area contributed by atoms with E-state index in [1.54, 1.807) is 7.05 Å². The van der Waals surface area contributed by atoms with Gasteiger partial charge in [0, 0.05) is 46.0 Å². The molecule has 1 saturated heterocycles. The van der Waals surface area contributed by atoms with E-state index in [0.717, 1.165) is 0 Å². The van der Waals surface area contributed by atoms with Crippen LogP contribution in [0.25, 0.3) is 0 Å². The SMILES string of the molecule is CC(C)c1nn(C)cc1C(=O)NCC(N1CCNCC1)C(F)(F)F. The second-order valence-electron chi connectivity index (χ2n) is 6.31. The Morgan fingerprint density at radius 2 is 2.00 bits per heavy atom. The summed E-state index contributed by atoms with van der Waals surface area (Å²) in [6.07, 6.45) is -2.85. The van der Waals surface area contributed by atoms with Gasteiger partial charge in [-0.15, -0.1) is 0 Å². The number of carbonyl (C=O) groups excluding carboxylic acids is 1. The summed E-state index contributed by atoms with van der Waals surface area (Å²) in [5, 5.41) is 9.68. The first-order valence-corrected chi connectivity index (χ1v) is 8.03. The predicted molar refractivity (Wildman–Crippen MR) is 83.9 cm³/mol. The van der Waals surface area contributed by atoms with Crippen molar-refractivity contribution in [1.29, 1.82) is 0 Å². The Balaban J connectivity index is 2.07. The van der Waals surface area contributed by atoms with Gasteiger partial charge in [-0.3, -0.25) is 14.4 Å². The molecular weight excluding hydrogens is 323 g/mol. The van der Waals surface area contributed by atoms with Crippen molar-refractivity contribution in [2.45, 2.75) is 32.0 Å².